The number of aryl methyl sites for hydroxylation is 1. The first-order valence-electron chi connectivity index (χ1n) is 4.69. The Morgan fingerprint density at radius 1 is 1.47 bits per heavy atom. The highest BCUT2D eigenvalue weighted by Gasteiger charge is 2.19. The molecule has 1 aromatic carbocycles. The highest BCUT2D eigenvalue weighted by atomic mass is 19.1. The third-order valence-electron chi connectivity index (χ3n) is 2.29. The van der Waals surface area contributed by atoms with Gasteiger partial charge in [-0.2, -0.15) is 0 Å². The fourth-order valence-corrected chi connectivity index (χ4v) is 1.41. The van der Waals surface area contributed by atoms with Gasteiger partial charge in [-0.05, 0) is 18.6 Å². The minimum atomic E-state index is -1.31. The molecule has 0 atom stereocenters. The molecule has 0 saturated carbocycles. The van der Waals surface area contributed by atoms with Crippen molar-refractivity contribution in [2.24, 2.45) is 0 Å². The molecule has 0 spiro atoms. The Hall–Kier alpha value is -2.37. The predicted octanol–water partition coefficient (Wildman–Crippen LogP) is 2.19. The van der Waals surface area contributed by atoms with Crippen molar-refractivity contribution in [2.45, 2.75) is 6.92 Å². The average molecular weight is 237 g/mol. The van der Waals surface area contributed by atoms with Crippen LogP contribution in [0.1, 0.15) is 16.1 Å². The number of benzene rings is 1. The van der Waals surface area contributed by atoms with Crippen molar-refractivity contribution in [1.82, 2.24) is 5.16 Å². The van der Waals surface area contributed by atoms with Crippen molar-refractivity contribution < 1.29 is 23.9 Å². The second-order valence-electron chi connectivity index (χ2n) is 3.47. The fraction of sp³-hybridized carbons (Fsp3) is 0.0909. The Morgan fingerprint density at radius 3 is 2.76 bits per heavy atom. The largest absolute Gasteiger partial charge is 0.507 e. The zero-order valence-corrected chi connectivity index (χ0v) is 8.77. The number of phenolic OH excluding ortho intramolecular Hbond substituents is 1. The van der Waals surface area contributed by atoms with Gasteiger partial charge in [-0.25, -0.2) is 9.18 Å². The van der Waals surface area contributed by atoms with Crippen LogP contribution in [0.4, 0.5) is 4.39 Å². The molecule has 0 bridgehead atoms. The van der Waals surface area contributed by atoms with Crippen molar-refractivity contribution in [3.05, 3.63) is 35.3 Å². The summed E-state index contributed by atoms with van der Waals surface area (Å²) in [5, 5.41) is 21.6. The van der Waals surface area contributed by atoms with Crippen LogP contribution < -0.4 is 0 Å². The summed E-state index contributed by atoms with van der Waals surface area (Å²) in [6.07, 6.45) is 0. The minimum Gasteiger partial charge on any atom is -0.507 e. The molecule has 1 aromatic heterocycles. The molecule has 0 aliphatic heterocycles. The first-order chi connectivity index (χ1) is 8.00. The number of aromatic nitrogens is 1. The first-order valence-corrected chi connectivity index (χ1v) is 4.69. The maximum atomic E-state index is 13.8. The number of halogens is 1. The molecule has 2 rings (SSSR count). The molecule has 0 aliphatic carbocycles. The van der Waals surface area contributed by atoms with E-state index in [2.05, 4.69) is 9.68 Å². The van der Waals surface area contributed by atoms with E-state index in [0.717, 1.165) is 6.07 Å². The van der Waals surface area contributed by atoms with Crippen LogP contribution in [0, 0.1) is 12.7 Å². The molecular formula is C11H8FNO4. The van der Waals surface area contributed by atoms with Gasteiger partial charge in [0, 0.05) is 6.07 Å². The Kier molecular flexibility index (Phi) is 2.55. The summed E-state index contributed by atoms with van der Waals surface area (Å²) in [6.45, 7) is 1.52. The van der Waals surface area contributed by atoms with E-state index in [1.54, 1.807) is 0 Å². The highest BCUT2D eigenvalue weighted by molar-refractivity contribution is 5.86. The maximum absolute atomic E-state index is 13.8. The zero-order chi connectivity index (χ0) is 12.6. The van der Waals surface area contributed by atoms with Crippen LogP contribution in [-0.4, -0.2) is 21.3 Å². The van der Waals surface area contributed by atoms with E-state index in [1.807, 2.05) is 0 Å². The van der Waals surface area contributed by atoms with Crippen molar-refractivity contribution in [2.75, 3.05) is 0 Å². The second-order valence-corrected chi connectivity index (χ2v) is 3.47. The number of hydrogen-bond donors (Lipinski definition) is 2. The van der Waals surface area contributed by atoms with Crippen LogP contribution in [0.25, 0.3) is 11.3 Å². The van der Waals surface area contributed by atoms with Gasteiger partial charge in [-0.15, -0.1) is 0 Å². The Bertz CT molecular complexity index is 591. The van der Waals surface area contributed by atoms with Crippen molar-refractivity contribution in [3.63, 3.8) is 0 Å². The molecule has 1 heterocycles. The summed E-state index contributed by atoms with van der Waals surface area (Å²) in [5.41, 5.74) is 0.0972. The van der Waals surface area contributed by atoms with Gasteiger partial charge in [-0.3, -0.25) is 0 Å². The molecule has 0 aliphatic rings. The lowest BCUT2D eigenvalue weighted by atomic mass is 10.1. The number of carboxylic acids is 1. The van der Waals surface area contributed by atoms with Gasteiger partial charge in [0.05, 0.1) is 5.56 Å². The quantitative estimate of drug-likeness (QED) is 0.836. The smallest absolute Gasteiger partial charge is 0.374 e. The molecule has 0 fully saturated rings. The first kappa shape index (κ1) is 11.1. The predicted molar refractivity (Wildman–Crippen MR) is 55.3 cm³/mol. The lowest BCUT2D eigenvalue weighted by molar-refractivity contribution is 0.0652. The van der Waals surface area contributed by atoms with Gasteiger partial charge >= 0.3 is 5.97 Å². The van der Waals surface area contributed by atoms with E-state index >= 15 is 0 Å². The Balaban J connectivity index is 2.60. The summed E-state index contributed by atoms with van der Waals surface area (Å²) in [4.78, 5) is 10.6. The molecule has 6 heteroatoms. The van der Waals surface area contributed by atoms with Crippen LogP contribution in [0.3, 0.4) is 0 Å². The number of aromatic hydroxyl groups is 1. The van der Waals surface area contributed by atoms with Gasteiger partial charge in [-0.1, -0.05) is 11.2 Å². The lowest BCUT2D eigenvalue weighted by Crippen LogP contribution is -1.92. The van der Waals surface area contributed by atoms with Crippen molar-refractivity contribution >= 4 is 5.97 Å². The Labute approximate surface area is 95.1 Å². The van der Waals surface area contributed by atoms with Crippen LogP contribution in [-0.2, 0) is 0 Å². The van der Waals surface area contributed by atoms with Crippen molar-refractivity contribution in [3.8, 4) is 17.0 Å². The van der Waals surface area contributed by atoms with Gasteiger partial charge in [0.1, 0.15) is 17.3 Å². The van der Waals surface area contributed by atoms with Gasteiger partial charge in [0.25, 0.3) is 0 Å². The molecule has 0 radical (unpaired) electrons. The molecule has 17 heavy (non-hydrogen) atoms. The lowest BCUT2D eigenvalue weighted by Gasteiger charge is -2.04. The van der Waals surface area contributed by atoms with Gasteiger partial charge < -0.3 is 14.7 Å². The van der Waals surface area contributed by atoms with E-state index in [9.17, 15) is 14.3 Å². The average Bonchev–Trinajstić information content (AvgIpc) is 2.73. The highest BCUT2D eigenvalue weighted by Crippen LogP contribution is 2.32. The summed E-state index contributed by atoms with van der Waals surface area (Å²) in [7, 11) is 0. The second kappa shape index (κ2) is 3.89. The van der Waals surface area contributed by atoms with Crippen LogP contribution in [0.5, 0.6) is 5.75 Å². The summed E-state index contributed by atoms with van der Waals surface area (Å²) >= 11 is 0. The van der Waals surface area contributed by atoms with Gasteiger partial charge in [0.15, 0.2) is 0 Å². The standard InChI is InChI=1S/C11H8FNO4/c1-5-2-3-7(14)9(10(5)12)6-4-8(11(15)16)17-13-6/h2-4,14H,1H3,(H,15,16). The molecule has 0 saturated heterocycles. The zero-order valence-electron chi connectivity index (χ0n) is 8.77. The van der Waals surface area contributed by atoms with Crippen LogP contribution in [0.15, 0.2) is 22.7 Å². The molecule has 5 nitrogen and oxygen atoms in total. The number of aromatic carboxylic acids is 1. The number of phenols is 1. The maximum Gasteiger partial charge on any atom is 0.374 e. The molecule has 0 amide bonds. The van der Waals surface area contributed by atoms with Gasteiger partial charge in [0.2, 0.25) is 5.76 Å². The fourth-order valence-electron chi connectivity index (χ4n) is 1.41. The van der Waals surface area contributed by atoms with E-state index < -0.39 is 17.5 Å². The third kappa shape index (κ3) is 1.84. The SMILES string of the molecule is Cc1ccc(O)c(-c2cc(C(=O)O)on2)c1F. The monoisotopic (exact) mass is 237 g/mol. The topological polar surface area (TPSA) is 83.6 Å². The number of hydrogen-bond acceptors (Lipinski definition) is 4. The number of carbonyl (C=O) groups is 1. The normalized spacial score (nSPS) is 10.5. The minimum absolute atomic E-state index is 0.0545. The summed E-state index contributed by atoms with van der Waals surface area (Å²) < 4.78 is 18.3. The summed E-state index contributed by atoms with van der Waals surface area (Å²) in [6, 6.07) is 3.77. The number of carboxylic acid groups (broad SMARTS) is 1. The van der Waals surface area contributed by atoms with Crippen LogP contribution >= 0.6 is 0 Å². The van der Waals surface area contributed by atoms with E-state index in [4.69, 9.17) is 5.11 Å². The molecule has 2 aromatic rings. The molecule has 2 N–H and O–H groups in total. The Morgan fingerprint density at radius 2 is 2.18 bits per heavy atom. The van der Waals surface area contributed by atoms with E-state index in [-0.39, 0.29) is 17.0 Å². The number of rotatable bonds is 2. The van der Waals surface area contributed by atoms with E-state index in [1.165, 1.54) is 19.1 Å². The third-order valence-corrected chi connectivity index (χ3v) is 2.29. The molecule has 0 unspecified atom stereocenters. The molecule has 88 valence electrons. The summed E-state index contributed by atoms with van der Waals surface area (Å²) in [5.74, 6) is -2.70. The van der Waals surface area contributed by atoms with E-state index in [0.29, 0.717) is 5.56 Å². The number of nitrogens with zero attached hydrogens (tertiary/aromatic N) is 1. The molecular weight excluding hydrogens is 229 g/mol. The van der Waals surface area contributed by atoms with Crippen molar-refractivity contribution in [1.29, 1.82) is 0 Å². The van der Waals surface area contributed by atoms with Crippen LogP contribution in [0.2, 0.25) is 0 Å².